The SMILES string of the molecule is CCC(=O)c1cc(C(=O)CC2[C@H]3COC[C@@H]23)cc2c1OCC2c1ccncc1. The van der Waals surface area contributed by atoms with E-state index in [2.05, 4.69) is 4.98 Å². The second-order valence-corrected chi connectivity index (χ2v) is 8.02. The molecule has 2 unspecified atom stereocenters. The van der Waals surface area contributed by atoms with Crippen LogP contribution >= 0.6 is 0 Å². The highest BCUT2D eigenvalue weighted by Crippen LogP contribution is 2.53. The largest absolute Gasteiger partial charge is 0.492 e. The Balaban J connectivity index is 1.50. The van der Waals surface area contributed by atoms with E-state index in [9.17, 15) is 9.59 Å². The molecule has 144 valence electrons. The number of fused-ring (bicyclic) bond motifs is 2. The Morgan fingerprint density at radius 2 is 1.82 bits per heavy atom. The molecule has 3 aliphatic rings. The lowest BCUT2D eigenvalue weighted by Crippen LogP contribution is -2.09. The van der Waals surface area contributed by atoms with Crippen molar-refractivity contribution < 1.29 is 19.1 Å². The zero-order chi connectivity index (χ0) is 19.3. The van der Waals surface area contributed by atoms with Gasteiger partial charge in [-0.15, -0.1) is 0 Å². The van der Waals surface area contributed by atoms with Gasteiger partial charge in [0.15, 0.2) is 11.6 Å². The van der Waals surface area contributed by atoms with Gasteiger partial charge in [0, 0.05) is 42.3 Å². The van der Waals surface area contributed by atoms with Crippen molar-refractivity contribution in [3.05, 3.63) is 58.9 Å². The summed E-state index contributed by atoms with van der Waals surface area (Å²) in [4.78, 5) is 29.7. The van der Waals surface area contributed by atoms with Crippen LogP contribution in [-0.4, -0.2) is 36.4 Å². The summed E-state index contributed by atoms with van der Waals surface area (Å²) in [5, 5.41) is 0. The van der Waals surface area contributed by atoms with Gasteiger partial charge in [0.25, 0.3) is 0 Å². The first-order chi connectivity index (χ1) is 13.7. The van der Waals surface area contributed by atoms with E-state index >= 15 is 0 Å². The molecule has 1 saturated carbocycles. The predicted molar refractivity (Wildman–Crippen MR) is 103 cm³/mol. The fourth-order valence-corrected chi connectivity index (χ4v) is 4.75. The van der Waals surface area contributed by atoms with E-state index in [-0.39, 0.29) is 17.5 Å². The zero-order valence-corrected chi connectivity index (χ0v) is 15.9. The first-order valence-electron chi connectivity index (χ1n) is 10.0. The third kappa shape index (κ3) is 2.85. The minimum absolute atomic E-state index is 0.0120. The summed E-state index contributed by atoms with van der Waals surface area (Å²) in [6.45, 7) is 3.88. The van der Waals surface area contributed by atoms with Crippen molar-refractivity contribution in [3.8, 4) is 5.75 Å². The molecular formula is C23H23NO4. The molecule has 1 aromatic heterocycles. The summed E-state index contributed by atoms with van der Waals surface area (Å²) in [7, 11) is 0. The van der Waals surface area contributed by atoms with E-state index in [4.69, 9.17) is 9.47 Å². The van der Waals surface area contributed by atoms with Gasteiger partial charge in [-0.2, -0.15) is 0 Å². The third-order valence-corrected chi connectivity index (χ3v) is 6.49. The van der Waals surface area contributed by atoms with Gasteiger partial charge < -0.3 is 9.47 Å². The third-order valence-electron chi connectivity index (χ3n) is 6.49. The quantitative estimate of drug-likeness (QED) is 0.719. The minimum Gasteiger partial charge on any atom is -0.492 e. The number of carbonyl (C=O) groups excluding carboxylic acids is 2. The van der Waals surface area contributed by atoms with Gasteiger partial charge in [0.2, 0.25) is 0 Å². The molecule has 2 fully saturated rings. The lowest BCUT2D eigenvalue weighted by Gasteiger charge is -2.12. The number of pyridine rings is 1. The molecule has 5 rings (SSSR count). The Bertz CT molecular complexity index is 929. The summed E-state index contributed by atoms with van der Waals surface area (Å²) in [6.07, 6.45) is 4.44. The lowest BCUT2D eigenvalue weighted by atomic mass is 9.88. The van der Waals surface area contributed by atoms with Crippen LogP contribution in [0.5, 0.6) is 5.75 Å². The number of carbonyl (C=O) groups is 2. The average molecular weight is 377 g/mol. The Morgan fingerprint density at radius 1 is 1.07 bits per heavy atom. The van der Waals surface area contributed by atoms with Gasteiger partial charge in [0.05, 0.1) is 25.4 Å². The monoisotopic (exact) mass is 377 g/mol. The molecule has 0 radical (unpaired) electrons. The van der Waals surface area contributed by atoms with Crippen LogP contribution in [0.25, 0.3) is 0 Å². The Hall–Kier alpha value is -2.53. The first-order valence-corrected chi connectivity index (χ1v) is 10.0. The number of ketones is 2. The Labute approximate surface area is 164 Å². The highest BCUT2D eigenvalue weighted by atomic mass is 16.5. The molecule has 5 nitrogen and oxygen atoms in total. The van der Waals surface area contributed by atoms with Crippen LogP contribution < -0.4 is 4.74 Å². The highest BCUT2D eigenvalue weighted by molar-refractivity contribution is 6.04. The maximum atomic E-state index is 13.0. The van der Waals surface area contributed by atoms with Crippen LogP contribution in [0.4, 0.5) is 0 Å². The van der Waals surface area contributed by atoms with Crippen LogP contribution in [0.1, 0.15) is 57.5 Å². The Kier molecular flexibility index (Phi) is 4.27. The van der Waals surface area contributed by atoms with E-state index in [1.165, 1.54) is 0 Å². The van der Waals surface area contributed by atoms with E-state index in [1.54, 1.807) is 18.5 Å². The number of ether oxygens (including phenoxy) is 2. The van der Waals surface area contributed by atoms with Gasteiger partial charge in [-0.05, 0) is 47.6 Å². The summed E-state index contributed by atoms with van der Waals surface area (Å²) in [5.41, 5.74) is 3.19. The molecule has 0 amide bonds. The molecule has 28 heavy (non-hydrogen) atoms. The number of hydrogen-bond donors (Lipinski definition) is 0. The number of rotatable bonds is 6. The molecule has 4 atom stereocenters. The van der Waals surface area contributed by atoms with Crippen LogP contribution in [0, 0.1) is 17.8 Å². The molecule has 5 heteroatoms. The van der Waals surface area contributed by atoms with Crippen molar-refractivity contribution in [2.24, 2.45) is 17.8 Å². The van der Waals surface area contributed by atoms with Gasteiger partial charge in [-0.25, -0.2) is 0 Å². The first kappa shape index (κ1) is 17.6. The van der Waals surface area contributed by atoms with Crippen molar-refractivity contribution in [1.82, 2.24) is 4.98 Å². The number of nitrogens with zero attached hydrogens (tertiary/aromatic N) is 1. The smallest absolute Gasteiger partial charge is 0.166 e. The van der Waals surface area contributed by atoms with E-state index < -0.39 is 0 Å². The summed E-state index contributed by atoms with van der Waals surface area (Å²) < 4.78 is 11.4. The molecule has 1 aromatic carbocycles. The average Bonchev–Trinajstić information content (AvgIpc) is 3.10. The van der Waals surface area contributed by atoms with Gasteiger partial charge in [-0.3, -0.25) is 14.6 Å². The maximum absolute atomic E-state index is 13.0. The molecule has 0 spiro atoms. The van der Waals surface area contributed by atoms with Crippen LogP contribution in [-0.2, 0) is 4.74 Å². The number of Topliss-reactive ketones (excluding diaryl/α,β-unsaturated/α-hetero) is 2. The van der Waals surface area contributed by atoms with Crippen LogP contribution in [0.2, 0.25) is 0 Å². The molecule has 0 N–H and O–H groups in total. The molecule has 0 bridgehead atoms. The van der Waals surface area contributed by atoms with Gasteiger partial charge in [0.1, 0.15) is 5.75 Å². The Morgan fingerprint density at radius 3 is 2.54 bits per heavy atom. The second kappa shape index (κ2) is 6.82. The van der Waals surface area contributed by atoms with Crippen molar-refractivity contribution >= 4 is 11.6 Å². The van der Waals surface area contributed by atoms with E-state index in [0.717, 1.165) is 24.3 Å². The number of aromatic nitrogens is 1. The second-order valence-electron chi connectivity index (χ2n) is 8.02. The fourth-order valence-electron chi connectivity index (χ4n) is 4.75. The van der Waals surface area contributed by atoms with Gasteiger partial charge in [-0.1, -0.05) is 6.92 Å². The molecular weight excluding hydrogens is 354 g/mol. The molecule has 2 aliphatic heterocycles. The maximum Gasteiger partial charge on any atom is 0.166 e. The standard InChI is InChI=1S/C23H23NO4/c1-2-21(25)17-8-14(22(26)9-15-19-10-27-11-20(15)19)7-16-18(12-28-23(16)17)13-3-5-24-6-4-13/h3-8,15,18-20H,2,9-12H2,1H3/t15?,18?,19-,20+. The molecule has 1 aliphatic carbocycles. The highest BCUT2D eigenvalue weighted by Gasteiger charge is 2.54. The summed E-state index contributed by atoms with van der Waals surface area (Å²) in [6, 6.07) is 7.61. The predicted octanol–water partition coefficient (Wildman–Crippen LogP) is 3.66. The zero-order valence-electron chi connectivity index (χ0n) is 15.9. The van der Waals surface area contributed by atoms with Crippen molar-refractivity contribution in [2.45, 2.75) is 25.7 Å². The van der Waals surface area contributed by atoms with Crippen molar-refractivity contribution in [3.63, 3.8) is 0 Å². The van der Waals surface area contributed by atoms with Crippen LogP contribution in [0.3, 0.4) is 0 Å². The van der Waals surface area contributed by atoms with Crippen LogP contribution in [0.15, 0.2) is 36.7 Å². The number of hydrogen-bond acceptors (Lipinski definition) is 5. The molecule has 1 saturated heterocycles. The van der Waals surface area contributed by atoms with Gasteiger partial charge >= 0.3 is 0 Å². The number of benzene rings is 1. The topological polar surface area (TPSA) is 65.5 Å². The van der Waals surface area contributed by atoms with E-state index in [0.29, 0.717) is 54.1 Å². The summed E-state index contributed by atoms with van der Waals surface area (Å²) >= 11 is 0. The lowest BCUT2D eigenvalue weighted by molar-refractivity contribution is 0.0951. The molecule has 3 heterocycles. The van der Waals surface area contributed by atoms with Crippen molar-refractivity contribution in [2.75, 3.05) is 19.8 Å². The summed E-state index contributed by atoms with van der Waals surface area (Å²) in [5.74, 6) is 2.31. The van der Waals surface area contributed by atoms with E-state index in [1.807, 2.05) is 25.1 Å². The van der Waals surface area contributed by atoms with Crippen molar-refractivity contribution in [1.29, 1.82) is 0 Å². The molecule has 2 aromatic rings. The fraction of sp³-hybridized carbons (Fsp3) is 0.435. The normalized spacial score (nSPS) is 27.0. The minimum atomic E-state index is 0.0120.